The van der Waals surface area contributed by atoms with Gasteiger partial charge in [-0.3, -0.25) is 9.36 Å². The van der Waals surface area contributed by atoms with E-state index in [4.69, 9.17) is 9.84 Å². The summed E-state index contributed by atoms with van der Waals surface area (Å²) in [5.41, 5.74) is -0.348. The van der Waals surface area contributed by atoms with E-state index in [0.29, 0.717) is 6.42 Å². The van der Waals surface area contributed by atoms with Crippen LogP contribution in [0.15, 0.2) is 17.1 Å². The van der Waals surface area contributed by atoms with Crippen molar-refractivity contribution in [2.75, 3.05) is 6.61 Å². The molecular formula is C10H12N2O4. The molecule has 0 unspecified atom stereocenters. The zero-order valence-corrected chi connectivity index (χ0v) is 8.48. The Balaban J connectivity index is 1.99. The summed E-state index contributed by atoms with van der Waals surface area (Å²) in [7, 11) is 0. The lowest BCUT2D eigenvalue weighted by atomic mass is 10.1. The van der Waals surface area contributed by atoms with Gasteiger partial charge in [-0.2, -0.15) is 4.98 Å². The molecule has 2 N–H and O–H groups in total. The molecule has 2 heterocycles. The van der Waals surface area contributed by atoms with Crippen molar-refractivity contribution in [2.45, 2.75) is 24.7 Å². The summed E-state index contributed by atoms with van der Waals surface area (Å²) in [6.07, 6.45) is 1.17. The van der Waals surface area contributed by atoms with Crippen LogP contribution in [0.25, 0.3) is 0 Å². The molecule has 1 aromatic heterocycles. The highest BCUT2D eigenvalue weighted by Crippen LogP contribution is 2.42. The molecule has 2 aliphatic rings. The van der Waals surface area contributed by atoms with E-state index in [1.165, 1.54) is 6.07 Å². The molecular weight excluding hydrogens is 212 g/mol. The maximum atomic E-state index is 11.0. The highest BCUT2D eigenvalue weighted by molar-refractivity contribution is 5.13. The number of aliphatic hydroxyl groups is 2. The lowest BCUT2D eigenvalue weighted by Crippen LogP contribution is -2.31. The van der Waals surface area contributed by atoms with Crippen LogP contribution in [0, 0.1) is 5.92 Å². The minimum Gasteiger partial charge on any atom is -0.456 e. The lowest BCUT2D eigenvalue weighted by molar-refractivity contribution is 0.0210. The van der Waals surface area contributed by atoms with Gasteiger partial charge in [0.2, 0.25) is 0 Å². The molecule has 0 bridgehead atoms. The zero-order chi connectivity index (χ0) is 11.3. The van der Waals surface area contributed by atoms with Crippen LogP contribution in [-0.4, -0.2) is 38.6 Å². The van der Waals surface area contributed by atoms with Crippen molar-refractivity contribution in [1.82, 2.24) is 9.55 Å². The van der Waals surface area contributed by atoms with Crippen molar-refractivity contribution in [3.8, 4) is 6.01 Å². The lowest BCUT2D eigenvalue weighted by Gasteiger charge is -2.15. The van der Waals surface area contributed by atoms with Crippen LogP contribution in [0.2, 0.25) is 0 Å². The molecule has 1 aliphatic heterocycles. The predicted molar refractivity (Wildman–Crippen MR) is 53.1 cm³/mol. The van der Waals surface area contributed by atoms with E-state index in [1.54, 1.807) is 10.8 Å². The minimum atomic E-state index is -0.702. The molecule has 0 aromatic carbocycles. The van der Waals surface area contributed by atoms with Gasteiger partial charge in [0.25, 0.3) is 5.56 Å². The van der Waals surface area contributed by atoms with Crippen LogP contribution in [0.5, 0.6) is 6.01 Å². The van der Waals surface area contributed by atoms with E-state index in [0.717, 1.165) is 0 Å². The first-order valence-corrected chi connectivity index (χ1v) is 5.25. The highest BCUT2D eigenvalue weighted by atomic mass is 16.5. The van der Waals surface area contributed by atoms with Gasteiger partial charge in [0.1, 0.15) is 6.10 Å². The number of nitrogens with zero attached hydrogens (tertiary/aromatic N) is 2. The standard InChI is InChI=1S/C10H12N2O4/c13-4-5-3-6-9(8(5)15)16-10-11-7(14)1-2-12(6)10/h1-2,5-6,8-9,13,15H,3-4H2/t5-,6-,8-,9-/m1/s1. The van der Waals surface area contributed by atoms with E-state index >= 15 is 0 Å². The van der Waals surface area contributed by atoms with Crippen molar-refractivity contribution in [3.63, 3.8) is 0 Å². The molecule has 1 saturated carbocycles. The number of hydrogen-bond acceptors (Lipinski definition) is 5. The molecule has 3 rings (SSSR count). The monoisotopic (exact) mass is 224 g/mol. The SMILES string of the molecule is O=c1ccn2c(n1)O[C@H]1[C@H](O)[C@@H](CO)C[C@H]12. The first-order chi connectivity index (χ1) is 7.70. The van der Waals surface area contributed by atoms with E-state index in [1.807, 2.05) is 0 Å². The van der Waals surface area contributed by atoms with Crippen LogP contribution in [0.1, 0.15) is 12.5 Å². The third kappa shape index (κ3) is 1.20. The van der Waals surface area contributed by atoms with Gasteiger partial charge in [0.15, 0.2) is 0 Å². The van der Waals surface area contributed by atoms with Crippen LogP contribution >= 0.6 is 0 Å². The topological polar surface area (TPSA) is 84.6 Å². The second-order valence-corrected chi connectivity index (χ2v) is 4.27. The second-order valence-electron chi connectivity index (χ2n) is 4.27. The minimum absolute atomic E-state index is 0.0322. The number of fused-ring (bicyclic) bond motifs is 3. The van der Waals surface area contributed by atoms with Gasteiger partial charge >= 0.3 is 6.01 Å². The first-order valence-electron chi connectivity index (χ1n) is 5.25. The maximum absolute atomic E-state index is 11.0. The first kappa shape index (κ1) is 9.80. The average Bonchev–Trinajstić information content (AvgIpc) is 2.75. The summed E-state index contributed by atoms with van der Waals surface area (Å²) in [5.74, 6) is -0.164. The predicted octanol–water partition coefficient (Wildman–Crippen LogP) is -1.08. The summed E-state index contributed by atoms with van der Waals surface area (Å²) in [6.45, 7) is -0.0551. The normalized spacial score (nSPS) is 35.6. The molecule has 1 fully saturated rings. The Bertz CT molecular complexity index is 472. The van der Waals surface area contributed by atoms with Gasteiger partial charge < -0.3 is 14.9 Å². The Labute approximate surface area is 91.1 Å². The maximum Gasteiger partial charge on any atom is 0.300 e. The van der Waals surface area contributed by atoms with Crippen LogP contribution in [0.4, 0.5) is 0 Å². The molecule has 16 heavy (non-hydrogen) atoms. The fourth-order valence-corrected chi connectivity index (χ4v) is 2.54. The molecule has 6 heteroatoms. The van der Waals surface area contributed by atoms with Crippen LogP contribution < -0.4 is 10.3 Å². The molecule has 1 aromatic rings. The molecule has 86 valence electrons. The Morgan fingerprint density at radius 1 is 1.62 bits per heavy atom. The Morgan fingerprint density at radius 3 is 3.19 bits per heavy atom. The molecule has 1 aliphatic carbocycles. The molecule has 0 spiro atoms. The zero-order valence-electron chi connectivity index (χ0n) is 8.48. The van der Waals surface area contributed by atoms with Crippen LogP contribution in [-0.2, 0) is 0 Å². The Kier molecular flexibility index (Phi) is 2.02. The summed E-state index contributed by atoms with van der Waals surface area (Å²) in [4.78, 5) is 14.8. The van der Waals surface area contributed by atoms with Gasteiger partial charge in [-0.05, 0) is 6.42 Å². The van der Waals surface area contributed by atoms with Crippen molar-refractivity contribution < 1.29 is 14.9 Å². The van der Waals surface area contributed by atoms with Crippen molar-refractivity contribution in [3.05, 3.63) is 22.6 Å². The quantitative estimate of drug-likeness (QED) is 0.633. The van der Waals surface area contributed by atoms with Gasteiger partial charge in [0.05, 0.1) is 12.1 Å². The molecule has 0 radical (unpaired) electrons. The Morgan fingerprint density at radius 2 is 2.44 bits per heavy atom. The second kappa shape index (κ2) is 3.29. The largest absolute Gasteiger partial charge is 0.456 e. The third-order valence-corrected chi connectivity index (χ3v) is 3.38. The number of aromatic nitrogens is 2. The van der Waals surface area contributed by atoms with Gasteiger partial charge in [-0.15, -0.1) is 0 Å². The number of hydrogen-bond donors (Lipinski definition) is 2. The number of aliphatic hydroxyl groups excluding tert-OH is 2. The van der Waals surface area contributed by atoms with E-state index in [2.05, 4.69) is 4.98 Å². The molecule has 0 saturated heterocycles. The summed E-state index contributed by atoms with van der Waals surface area (Å²) in [5, 5.41) is 19.0. The van der Waals surface area contributed by atoms with Crippen molar-refractivity contribution in [1.29, 1.82) is 0 Å². The third-order valence-electron chi connectivity index (χ3n) is 3.38. The van der Waals surface area contributed by atoms with E-state index in [9.17, 15) is 9.90 Å². The van der Waals surface area contributed by atoms with Crippen molar-refractivity contribution >= 4 is 0 Å². The summed E-state index contributed by atoms with van der Waals surface area (Å²) < 4.78 is 7.20. The Hall–Kier alpha value is -1.40. The summed E-state index contributed by atoms with van der Waals surface area (Å²) in [6, 6.07) is 1.60. The average molecular weight is 224 g/mol. The highest BCUT2D eigenvalue weighted by Gasteiger charge is 2.49. The molecule has 6 nitrogen and oxygen atoms in total. The number of rotatable bonds is 1. The fourth-order valence-electron chi connectivity index (χ4n) is 2.54. The molecule has 4 atom stereocenters. The van der Waals surface area contributed by atoms with Crippen LogP contribution in [0.3, 0.4) is 0 Å². The van der Waals surface area contributed by atoms with Gasteiger partial charge in [0, 0.05) is 24.8 Å². The smallest absolute Gasteiger partial charge is 0.300 e. The van der Waals surface area contributed by atoms with E-state index in [-0.39, 0.29) is 30.1 Å². The van der Waals surface area contributed by atoms with Gasteiger partial charge in [-0.25, -0.2) is 0 Å². The number of ether oxygens (including phenoxy) is 1. The molecule has 0 amide bonds. The van der Waals surface area contributed by atoms with Gasteiger partial charge in [-0.1, -0.05) is 0 Å². The van der Waals surface area contributed by atoms with Crippen molar-refractivity contribution in [2.24, 2.45) is 5.92 Å². The fraction of sp³-hybridized carbons (Fsp3) is 0.600. The van der Waals surface area contributed by atoms with E-state index < -0.39 is 12.2 Å². The summed E-state index contributed by atoms with van der Waals surface area (Å²) >= 11 is 0.